The monoisotopic (exact) mass is 315 g/mol. The quantitative estimate of drug-likeness (QED) is 0.647. The first-order valence-corrected chi connectivity index (χ1v) is 7.09. The van der Waals surface area contributed by atoms with Gasteiger partial charge in [-0.3, -0.25) is 20.2 Å². The van der Waals surface area contributed by atoms with Crippen molar-refractivity contribution in [3.8, 4) is 0 Å². The highest BCUT2D eigenvalue weighted by Gasteiger charge is 2.28. The van der Waals surface area contributed by atoms with Crippen LogP contribution in [-0.4, -0.2) is 15.9 Å². The Hall–Kier alpha value is -2.96. The molecular weight excluding hydrogens is 298 g/mol. The predicted octanol–water partition coefficient (Wildman–Crippen LogP) is 3.72. The number of nitro benzene ring substituents is 1. The number of non-ortho nitro benzene ring substituents is 1. The van der Waals surface area contributed by atoms with Gasteiger partial charge >= 0.3 is 0 Å². The minimum atomic E-state index is -0.891. The second kappa shape index (κ2) is 6.87. The van der Waals surface area contributed by atoms with Crippen LogP contribution in [0.3, 0.4) is 0 Å². The van der Waals surface area contributed by atoms with Crippen LogP contribution < -0.4 is 5.32 Å². The first kappa shape index (κ1) is 16.4. The molecule has 2 atom stereocenters. The SMILES string of the molecule is Cc1ccc(N[C@H](c2ccc([N+](=O)[O-])cc2)[C@@H](C)[N+](=O)[O-])cc1. The van der Waals surface area contributed by atoms with Crippen molar-refractivity contribution in [2.45, 2.75) is 25.9 Å². The van der Waals surface area contributed by atoms with Gasteiger partial charge in [0, 0.05) is 29.7 Å². The number of nitrogens with one attached hydrogen (secondary N) is 1. The zero-order valence-corrected chi connectivity index (χ0v) is 12.8. The number of nitrogens with zero attached hydrogens (tertiary/aromatic N) is 2. The van der Waals surface area contributed by atoms with Gasteiger partial charge in [0.15, 0.2) is 0 Å². The Morgan fingerprint density at radius 1 is 0.957 bits per heavy atom. The molecule has 7 heteroatoms. The van der Waals surface area contributed by atoms with E-state index in [1.165, 1.54) is 19.1 Å². The predicted molar refractivity (Wildman–Crippen MR) is 87.1 cm³/mol. The summed E-state index contributed by atoms with van der Waals surface area (Å²) in [7, 11) is 0. The fourth-order valence-corrected chi connectivity index (χ4v) is 2.24. The van der Waals surface area contributed by atoms with Gasteiger partial charge in [0.1, 0.15) is 6.04 Å². The molecule has 0 bridgehead atoms. The van der Waals surface area contributed by atoms with E-state index in [9.17, 15) is 20.2 Å². The normalized spacial score (nSPS) is 13.1. The first-order valence-electron chi connectivity index (χ1n) is 7.09. The minimum Gasteiger partial charge on any atom is -0.372 e. The highest BCUT2D eigenvalue weighted by molar-refractivity contribution is 5.47. The van der Waals surface area contributed by atoms with E-state index < -0.39 is 17.0 Å². The Morgan fingerprint density at radius 3 is 2.00 bits per heavy atom. The molecule has 0 fully saturated rings. The van der Waals surface area contributed by atoms with Crippen molar-refractivity contribution < 1.29 is 9.85 Å². The maximum Gasteiger partial charge on any atom is 0.269 e. The van der Waals surface area contributed by atoms with Gasteiger partial charge in [-0.05, 0) is 36.8 Å². The van der Waals surface area contributed by atoms with E-state index in [0.29, 0.717) is 5.56 Å². The molecule has 7 nitrogen and oxygen atoms in total. The van der Waals surface area contributed by atoms with E-state index >= 15 is 0 Å². The zero-order chi connectivity index (χ0) is 17.0. The van der Waals surface area contributed by atoms with Gasteiger partial charge in [-0.2, -0.15) is 0 Å². The number of hydrogen-bond donors (Lipinski definition) is 1. The van der Waals surface area contributed by atoms with Crippen molar-refractivity contribution in [1.29, 1.82) is 0 Å². The number of hydrogen-bond acceptors (Lipinski definition) is 5. The van der Waals surface area contributed by atoms with E-state index in [2.05, 4.69) is 5.32 Å². The van der Waals surface area contributed by atoms with Gasteiger partial charge in [-0.15, -0.1) is 0 Å². The molecule has 0 aliphatic carbocycles. The maximum absolute atomic E-state index is 11.2. The molecule has 0 aromatic heterocycles. The van der Waals surface area contributed by atoms with E-state index in [0.717, 1.165) is 11.3 Å². The van der Waals surface area contributed by atoms with Crippen molar-refractivity contribution in [2.24, 2.45) is 0 Å². The lowest BCUT2D eigenvalue weighted by atomic mass is 10.00. The number of nitro groups is 2. The third kappa shape index (κ3) is 4.03. The molecule has 0 amide bonds. The van der Waals surface area contributed by atoms with Gasteiger partial charge in [0.2, 0.25) is 6.04 Å². The van der Waals surface area contributed by atoms with Gasteiger partial charge in [0.25, 0.3) is 5.69 Å². The highest BCUT2D eigenvalue weighted by atomic mass is 16.6. The Kier molecular flexibility index (Phi) is 4.90. The summed E-state index contributed by atoms with van der Waals surface area (Å²) in [5, 5.41) is 25.1. The highest BCUT2D eigenvalue weighted by Crippen LogP contribution is 2.26. The number of benzene rings is 2. The Balaban J connectivity index is 2.31. The molecule has 0 aliphatic rings. The molecule has 0 spiro atoms. The molecule has 0 saturated heterocycles. The summed E-state index contributed by atoms with van der Waals surface area (Å²) < 4.78 is 0. The standard InChI is InChI=1S/C16H17N3O4/c1-11-3-7-14(8-4-11)17-16(12(2)18(20)21)13-5-9-15(10-6-13)19(22)23/h3-10,12,16-17H,1-2H3/t12-,16+/m1/s1. The molecule has 2 rings (SSSR count). The van der Waals surface area contributed by atoms with Crippen molar-refractivity contribution in [3.05, 3.63) is 79.9 Å². The summed E-state index contributed by atoms with van der Waals surface area (Å²) in [6.45, 7) is 3.46. The number of aryl methyl sites for hydroxylation is 1. The van der Waals surface area contributed by atoms with Crippen molar-refractivity contribution >= 4 is 11.4 Å². The van der Waals surface area contributed by atoms with Crippen LogP contribution in [0.1, 0.15) is 24.1 Å². The summed E-state index contributed by atoms with van der Waals surface area (Å²) in [6.07, 6.45) is 0. The van der Waals surface area contributed by atoms with Crippen LogP contribution in [0.15, 0.2) is 48.5 Å². The second-order valence-electron chi connectivity index (χ2n) is 5.36. The van der Waals surface area contributed by atoms with Crippen LogP contribution in [0.25, 0.3) is 0 Å². The smallest absolute Gasteiger partial charge is 0.269 e. The molecule has 120 valence electrons. The number of anilines is 1. The summed E-state index contributed by atoms with van der Waals surface area (Å²) in [5.74, 6) is 0. The van der Waals surface area contributed by atoms with Gasteiger partial charge in [-0.1, -0.05) is 17.7 Å². The minimum absolute atomic E-state index is 0.0448. The molecule has 0 aliphatic heterocycles. The van der Waals surface area contributed by atoms with Crippen LogP contribution in [0.4, 0.5) is 11.4 Å². The summed E-state index contributed by atoms with van der Waals surface area (Å²) in [6, 6.07) is 11.8. The molecule has 2 aromatic rings. The topological polar surface area (TPSA) is 98.3 Å². The summed E-state index contributed by atoms with van der Waals surface area (Å²) in [5.41, 5.74) is 2.43. The van der Waals surface area contributed by atoms with Crippen LogP contribution >= 0.6 is 0 Å². The van der Waals surface area contributed by atoms with Crippen LogP contribution in [-0.2, 0) is 0 Å². The summed E-state index contributed by atoms with van der Waals surface area (Å²) in [4.78, 5) is 21.1. The van der Waals surface area contributed by atoms with E-state index in [4.69, 9.17) is 0 Å². The lowest BCUT2D eigenvalue weighted by Gasteiger charge is -2.21. The number of rotatable bonds is 6. The molecule has 0 heterocycles. The lowest BCUT2D eigenvalue weighted by molar-refractivity contribution is -0.521. The van der Waals surface area contributed by atoms with Gasteiger partial charge in [0.05, 0.1) is 4.92 Å². The fourth-order valence-electron chi connectivity index (χ4n) is 2.24. The van der Waals surface area contributed by atoms with Crippen molar-refractivity contribution in [2.75, 3.05) is 5.32 Å². The van der Waals surface area contributed by atoms with Crippen molar-refractivity contribution in [3.63, 3.8) is 0 Å². The summed E-state index contributed by atoms with van der Waals surface area (Å²) >= 11 is 0. The first-order chi connectivity index (χ1) is 10.9. The second-order valence-corrected chi connectivity index (χ2v) is 5.36. The zero-order valence-electron chi connectivity index (χ0n) is 12.8. The van der Waals surface area contributed by atoms with Gasteiger partial charge < -0.3 is 5.32 Å². The molecule has 0 radical (unpaired) electrons. The van der Waals surface area contributed by atoms with Crippen molar-refractivity contribution in [1.82, 2.24) is 0 Å². The Morgan fingerprint density at radius 2 is 1.52 bits per heavy atom. The molecule has 1 N–H and O–H groups in total. The van der Waals surface area contributed by atoms with Crippen LogP contribution in [0, 0.1) is 27.2 Å². The molecule has 0 unspecified atom stereocenters. The van der Waals surface area contributed by atoms with E-state index in [1.54, 1.807) is 12.1 Å². The van der Waals surface area contributed by atoms with E-state index in [1.807, 2.05) is 31.2 Å². The molecule has 23 heavy (non-hydrogen) atoms. The van der Waals surface area contributed by atoms with E-state index in [-0.39, 0.29) is 10.6 Å². The van der Waals surface area contributed by atoms with Crippen LogP contribution in [0.5, 0.6) is 0 Å². The Bertz CT molecular complexity index is 698. The third-order valence-corrected chi connectivity index (χ3v) is 3.65. The molecule has 2 aromatic carbocycles. The largest absolute Gasteiger partial charge is 0.372 e. The molecular formula is C16H17N3O4. The fraction of sp³-hybridized carbons (Fsp3) is 0.250. The lowest BCUT2D eigenvalue weighted by Crippen LogP contribution is -2.29. The Labute approximate surface area is 133 Å². The third-order valence-electron chi connectivity index (χ3n) is 3.65. The maximum atomic E-state index is 11.2. The van der Waals surface area contributed by atoms with Crippen LogP contribution in [0.2, 0.25) is 0 Å². The average Bonchev–Trinajstić information content (AvgIpc) is 2.53. The van der Waals surface area contributed by atoms with Gasteiger partial charge in [-0.25, -0.2) is 0 Å². The molecule has 0 saturated carbocycles. The average molecular weight is 315 g/mol.